The molecule has 0 fully saturated rings. The van der Waals surface area contributed by atoms with Gasteiger partial charge in [0.2, 0.25) is 0 Å². The minimum atomic E-state index is -4.30. The number of aliphatic hydroxyl groups is 1. The Balaban J connectivity index is 3.12. The van der Waals surface area contributed by atoms with Crippen molar-refractivity contribution in [3.63, 3.8) is 0 Å². The van der Waals surface area contributed by atoms with E-state index in [1.54, 1.807) is 19.2 Å². The molecule has 1 aromatic rings. The Kier molecular flexibility index (Phi) is 6.29. The zero-order chi connectivity index (χ0) is 15.2. The van der Waals surface area contributed by atoms with E-state index >= 15 is 0 Å². The number of hydrogen-bond acceptors (Lipinski definition) is 3. The highest BCUT2D eigenvalue weighted by Crippen LogP contribution is 2.30. The van der Waals surface area contributed by atoms with E-state index < -0.39 is 12.7 Å². The summed E-state index contributed by atoms with van der Waals surface area (Å²) < 4.78 is 38.0. The van der Waals surface area contributed by atoms with Crippen molar-refractivity contribution in [3.8, 4) is 0 Å². The van der Waals surface area contributed by atoms with Crippen LogP contribution >= 0.6 is 0 Å². The molecule has 0 radical (unpaired) electrons. The van der Waals surface area contributed by atoms with Gasteiger partial charge in [-0.15, -0.1) is 0 Å². The predicted molar refractivity (Wildman–Crippen MR) is 73.9 cm³/mol. The summed E-state index contributed by atoms with van der Waals surface area (Å²) in [5.74, 6) is 0. The number of anilines is 1. The van der Waals surface area contributed by atoms with Gasteiger partial charge in [-0.3, -0.25) is 0 Å². The minimum absolute atomic E-state index is 0.0133. The fraction of sp³-hybridized carbons (Fsp3) is 0.571. The van der Waals surface area contributed by atoms with E-state index in [0.717, 1.165) is 12.0 Å². The van der Waals surface area contributed by atoms with Crippen LogP contribution in [0.2, 0.25) is 0 Å². The van der Waals surface area contributed by atoms with Gasteiger partial charge in [-0.1, -0.05) is 25.1 Å². The average Bonchev–Trinajstić information content (AvgIpc) is 2.39. The summed E-state index contributed by atoms with van der Waals surface area (Å²) in [5.41, 5.74) is 1.33. The molecule has 1 rings (SSSR count). The van der Waals surface area contributed by atoms with Crippen LogP contribution in [0.25, 0.3) is 0 Å². The highest BCUT2D eigenvalue weighted by atomic mass is 19.4. The van der Waals surface area contributed by atoms with Crippen LogP contribution in [-0.2, 0) is 0 Å². The molecule has 0 saturated heterocycles. The lowest BCUT2D eigenvalue weighted by molar-refractivity contribution is -0.119. The number of nitrogens with one attached hydrogen (secondary N) is 1. The maximum Gasteiger partial charge on any atom is 0.405 e. The van der Waals surface area contributed by atoms with Crippen molar-refractivity contribution in [2.24, 2.45) is 0 Å². The van der Waals surface area contributed by atoms with Gasteiger partial charge < -0.3 is 15.3 Å². The Morgan fingerprint density at radius 2 is 1.95 bits per heavy atom. The largest absolute Gasteiger partial charge is 0.405 e. The van der Waals surface area contributed by atoms with E-state index in [1.165, 1.54) is 4.90 Å². The molecule has 1 aromatic carbocycles. The molecule has 0 heterocycles. The number of alkyl halides is 3. The quantitative estimate of drug-likeness (QED) is 0.810. The van der Waals surface area contributed by atoms with Crippen molar-refractivity contribution in [3.05, 3.63) is 29.8 Å². The van der Waals surface area contributed by atoms with Crippen molar-refractivity contribution in [2.75, 3.05) is 31.6 Å². The van der Waals surface area contributed by atoms with Crippen molar-refractivity contribution in [2.45, 2.75) is 25.6 Å². The van der Waals surface area contributed by atoms with Gasteiger partial charge in [-0.25, -0.2) is 0 Å². The van der Waals surface area contributed by atoms with E-state index in [0.29, 0.717) is 5.69 Å². The lowest BCUT2D eigenvalue weighted by atomic mass is 10.0. The van der Waals surface area contributed by atoms with Gasteiger partial charge in [0.15, 0.2) is 0 Å². The van der Waals surface area contributed by atoms with Gasteiger partial charge in [0, 0.05) is 18.3 Å². The van der Waals surface area contributed by atoms with E-state index in [-0.39, 0.29) is 19.2 Å². The second-order valence-corrected chi connectivity index (χ2v) is 4.57. The Morgan fingerprint density at radius 3 is 2.45 bits per heavy atom. The summed E-state index contributed by atoms with van der Waals surface area (Å²) in [6.45, 7) is 0.542. The van der Waals surface area contributed by atoms with E-state index in [2.05, 4.69) is 5.32 Å². The maximum atomic E-state index is 12.7. The van der Waals surface area contributed by atoms with Gasteiger partial charge in [-0.2, -0.15) is 13.2 Å². The normalized spacial score (nSPS) is 13.3. The molecule has 6 heteroatoms. The van der Waals surface area contributed by atoms with Crippen molar-refractivity contribution < 1.29 is 18.3 Å². The van der Waals surface area contributed by atoms with Crippen LogP contribution in [0.4, 0.5) is 18.9 Å². The van der Waals surface area contributed by atoms with Crippen LogP contribution < -0.4 is 10.2 Å². The molecule has 20 heavy (non-hydrogen) atoms. The first-order valence-electron chi connectivity index (χ1n) is 6.61. The van der Waals surface area contributed by atoms with Crippen molar-refractivity contribution in [1.82, 2.24) is 5.32 Å². The van der Waals surface area contributed by atoms with Crippen LogP contribution in [0.5, 0.6) is 0 Å². The first-order valence-corrected chi connectivity index (χ1v) is 6.61. The summed E-state index contributed by atoms with van der Waals surface area (Å²) in [7, 11) is 1.78. The Hall–Kier alpha value is -1.27. The van der Waals surface area contributed by atoms with Crippen LogP contribution in [0.15, 0.2) is 24.3 Å². The number of benzene rings is 1. The third-order valence-electron chi connectivity index (χ3n) is 3.15. The molecule has 0 amide bonds. The van der Waals surface area contributed by atoms with Gasteiger partial charge in [0.05, 0.1) is 6.61 Å². The zero-order valence-electron chi connectivity index (χ0n) is 11.7. The molecule has 0 aliphatic carbocycles. The summed E-state index contributed by atoms with van der Waals surface area (Å²) in [6, 6.07) is 6.99. The first-order chi connectivity index (χ1) is 9.42. The lowest BCUT2D eigenvalue weighted by Gasteiger charge is -2.29. The van der Waals surface area contributed by atoms with E-state index in [1.807, 2.05) is 19.1 Å². The van der Waals surface area contributed by atoms with Gasteiger partial charge in [-0.05, 0) is 25.1 Å². The monoisotopic (exact) mass is 290 g/mol. The summed E-state index contributed by atoms with van der Waals surface area (Å²) in [5, 5.41) is 12.1. The van der Waals surface area contributed by atoms with Crippen LogP contribution in [0, 0.1) is 0 Å². The number of para-hydroxylation sites is 1. The number of halogens is 3. The third-order valence-corrected chi connectivity index (χ3v) is 3.15. The number of hydrogen-bond donors (Lipinski definition) is 2. The lowest BCUT2D eigenvalue weighted by Crippen LogP contribution is -2.37. The average molecular weight is 290 g/mol. The molecule has 0 aliphatic rings. The molecule has 1 unspecified atom stereocenters. The van der Waals surface area contributed by atoms with Crippen LogP contribution in [0.1, 0.15) is 24.9 Å². The molecule has 0 saturated carbocycles. The van der Waals surface area contributed by atoms with Gasteiger partial charge in [0.25, 0.3) is 0 Å². The molecule has 114 valence electrons. The summed E-state index contributed by atoms with van der Waals surface area (Å²) in [4.78, 5) is 1.18. The second-order valence-electron chi connectivity index (χ2n) is 4.57. The van der Waals surface area contributed by atoms with Crippen molar-refractivity contribution >= 4 is 5.69 Å². The zero-order valence-corrected chi connectivity index (χ0v) is 11.7. The second kappa shape index (κ2) is 7.50. The maximum absolute atomic E-state index is 12.7. The smallest absolute Gasteiger partial charge is 0.395 e. The van der Waals surface area contributed by atoms with Crippen LogP contribution in [0.3, 0.4) is 0 Å². The molecule has 0 aromatic heterocycles. The van der Waals surface area contributed by atoms with Crippen molar-refractivity contribution in [1.29, 1.82) is 0 Å². The number of nitrogens with zero attached hydrogens (tertiary/aromatic N) is 1. The molecular formula is C14H21F3N2O. The summed E-state index contributed by atoms with van der Waals surface area (Å²) >= 11 is 0. The molecule has 1 atom stereocenters. The number of rotatable bonds is 7. The highest BCUT2D eigenvalue weighted by Gasteiger charge is 2.31. The Bertz CT molecular complexity index is 406. The fourth-order valence-electron chi connectivity index (χ4n) is 2.27. The third kappa shape index (κ3) is 4.68. The fourth-order valence-corrected chi connectivity index (χ4v) is 2.27. The molecule has 2 N–H and O–H groups in total. The predicted octanol–water partition coefficient (Wildman–Crippen LogP) is 2.72. The Labute approximate surface area is 117 Å². The van der Waals surface area contributed by atoms with Gasteiger partial charge in [0.1, 0.15) is 6.54 Å². The summed E-state index contributed by atoms with van der Waals surface area (Å²) in [6.07, 6.45) is -3.53. The van der Waals surface area contributed by atoms with E-state index in [4.69, 9.17) is 5.11 Å². The first kappa shape index (κ1) is 16.8. The van der Waals surface area contributed by atoms with E-state index in [9.17, 15) is 13.2 Å². The SMILES string of the molecule is CCC(NC)c1ccccc1N(CCO)CC(F)(F)F. The molecule has 0 spiro atoms. The molecule has 3 nitrogen and oxygen atoms in total. The Morgan fingerprint density at radius 1 is 1.30 bits per heavy atom. The van der Waals surface area contributed by atoms with Gasteiger partial charge >= 0.3 is 6.18 Å². The molecular weight excluding hydrogens is 269 g/mol. The highest BCUT2D eigenvalue weighted by molar-refractivity contribution is 5.55. The topological polar surface area (TPSA) is 35.5 Å². The number of aliphatic hydroxyl groups excluding tert-OH is 1. The molecule has 0 bridgehead atoms. The minimum Gasteiger partial charge on any atom is -0.395 e. The van der Waals surface area contributed by atoms with Crippen LogP contribution in [-0.4, -0.2) is 38.0 Å². The molecule has 0 aliphatic heterocycles. The standard InChI is InChI=1S/C14H21F3N2O/c1-3-12(18-2)11-6-4-5-7-13(11)19(8-9-20)10-14(15,16)17/h4-7,12,18,20H,3,8-10H2,1-2H3.